The Bertz CT molecular complexity index is 974. The minimum absolute atomic E-state index is 0.0404. The van der Waals surface area contributed by atoms with Crippen LogP contribution in [0.15, 0.2) is 23.2 Å². The van der Waals surface area contributed by atoms with Gasteiger partial charge >= 0.3 is 5.97 Å². The van der Waals surface area contributed by atoms with E-state index in [1.165, 1.54) is 13.8 Å². The number of thioether (sulfide) groups is 1. The monoisotopic (exact) mass is 464 g/mol. The highest BCUT2D eigenvalue weighted by Crippen LogP contribution is 2.30. The van der Waals surface area contributed by atoms with Crippen molar-refractivity contribution in [2.24, 2.45) is 5.73 Å². The molecule has 0 radical (unpaired) electrons. The number of amides is 1. The van der Waals surface area contributed by atoms with Crippen LogP contribution in [0, 0.1) is 0 Å². The van der Waals surface area contributed by atoms with Crippen molar-refractivity contribution in [2.75, 3.05) is 13.1 Å². The predicted molar refractivity (Wildman–Crippen MR) is 126 cm³/mol. The molecule has 0 saturated carbocycles. The van der Waals surface area contributed by atoms with Gasteiger partial charge in [-0.2, -0.15) is 0 Å². The van der Waals surface area contributed by atoms with Gasteiger partial charge < -0.3 is 26.5 Å². The molecule has 6 N–H and O–H groups in total. The lowest BCUT2D eigenvalue weighted by atomic mass is 10.1. The van der Waals surface area contributed by atoms with E-state index in [0.717, 1.165) is 45.1 Å². The number of carbonyl (C=O) groups excluding carboxylic acids is 2. The molecule has 2 aromatic rings. The van der Waals surface area contributed by atoms with Crippen molar-refractivity contribution in [2.45, 2.75) is 50.5 Å². The molecular weight excluding hydrogens is 436 g/mol. The summed E-state index contributed by atoms with van der Waals surface area (Å²) < 4.78 is 0. The van der Waals surface area contributed by atoms with Crippen molar-refractivity contribution in [1.29, 1.82) is 0 Å². The summed E-state index contributed by atoms with van der Waals surface area (Å²) in [5.41, 5.74) is 8.23. The number of H-pyrrole nitrogens is 1. The molecule has 2 rings (SSSR count). The van der Waals surface area contributed by atoms with Crippen LogP contribution in [0.3, 0.4) is 0 Å². The maximum atomic E-state index is 11.8. The number of thiocarbonyl (C=S) groups is 1. The van der Waals surface area contributed by atoms with E-state index < -0.39 is 12.0 Å². The highest BCUT2D eigenvalue weighted by molar-refractivity contribution is 8.13. The highest BCUT2D eigenvalue weighted by Gasteiger charge is 2.15. The lowest BCUT2D eigenvalue weighted by Crippen LogP contribution is -2.30. The van der Waals surface area contributed by atoms with E-state index in [1.807, 2.05) is 18.3 Å². The van der Waals surface area contributed by atoms with Gasteiger partial charge in [0.2, 0.25) is 5.91 Å². The fraction of sp³-hybridized carbons (Fsp3) is 0.429. The second-order valence-corrected chi connectivity index (χ2v) is 8.86. The molecule has 8 nitrogen and oxygen atoms in total. The van der Waals surface area contributed by atoms with Gasteiger partial charge in [-0.05, 0) is 43.4 Å². The number of aromatic amines is 1. The molecule has 1 heterocycles. The molecule has 0 saturated heterocycles. The zero-order valence-corrected chi connectivity index (χ0v) is 19.3. The molecule has 0 fully saturated rings. The van der Waals surface area contributed by atoms with Gasteiger partial charge in [-0.1, -0.05) is 24.0 Å². The Labute approximate surface area is 190 Å². The number of carboxylic acid groups (broad SMARTS) is 1. The van der Waals surface area contributed by atoms with Crippen molar-refractivity contribution in [1.82, 2.24) is 15.6 Å². The Morgan fingerprint density at radius 1 is 1.19 bits per heavy atom. The van der Waals surface area contributed by atoms with Crippen LogP contribution >= 0.6 is 24.0 Å². The number of nitrogens with two attached hydrogens (primary N) is 1. The average Bonchev–Trinajstić information content (AvgIpc) is 3.07. The normalized spacial score (nSPS) is 11.8. The predicted octanol–water partition coefficient (Wildman–Crippen LogP) is 2.33. The van der Waals surface area contributed by atoms with Gasteiger partial charge in [0.05, 0.1) is 0 Å². The zero-order chi connectivity index (χ0) is 23.0. The average molecular weight is 465 g/mol. The molecule has 31 heavy (non-hydrogen) atoms. The van der Waals surface area contributed by atoms with Crippen LogP contribution in [-0.4, -0.2) is 51.2 Å². The number of hydrogen-bond acceptors (Lipinski definition) is 6. The van der Waals surface area contributed by atoms with Crippen LogP contribution in [0.25, 0.3) is 10.9 Å². The summed E-state index contributed by atoms with van der Waals surface area (Å²) in [6.07, 6.45) is 4.38. The Kier molecular flexibility index (Phi) is 9.47. The minimum atomic E-state index is -0.995. The Morgan fingerprint density at radius 2 is 1.94 bits per heavy atom. The van der Waals surface area contributed by atoms with Gasteiger partial charge in [0.25, 0.3) is 0 Å². The van der Waals surface area contributed by atoms with Crippen molar-refractivity contribution in [3.8, 4) is 0 Å². The van der Waals surface area contributed by atoms with E-state index in [9.17, 15) is 14.4 Å². The molecule has 0 spiro atoms. The van der Waals surface area contributed by atoms with E-state index in [2.05, 4.69) is 15.6 Å². The summed E-state index contributed by atoms with van der Waals surface area (Å²) in [4.78, 5) is 38.2. The van der Waals surface area contributed by atoms with E-state index in [4.69, 9.17) is 23.1 Å². The molecule has 1 amide bonds. The summed E-state index contributed by atoms with van der Waals surface area (Å²) >= 11 is 6.68. The van der Waals surface area contributed by atoms with E-state index >= 15 is 0 Å². The van der Waals surface area contributed by atoms with Crippen molar-refractivity contribution in [3.63, 3.8) is 0 Å². The number of hydrogen-bond donors (Lipinski definition) is 5. The topological polar surface area (TPSA) is 137 Å². The van der Waals surface area contributed by atoms with E-state index in [1.54, 1.807) is 0 Å². The molecule has 0 bridgehead atoms. The number of carbonyl (C=O) groups is 3. The fourth-order valence-electron chi connectivity index (χ4n) is 3.11. The Hall–Kier alpha value is -2.43. The standard InChI is InChI=1S/C21H28N4O4S2/c1-12(26)23-8-6-14-11-25-18-9-16(19(10-15(14)18)31-13(2)27)20(30)24-7-4-3-5-17(22)21(28)29/h9-11,17,25H,3-8,22H2,1-2H3,(H,23,26)(H,24,30)(H,28,29)/t17-/m0/s1. The second-order valence-electron chi connectivity index (χ2n) is 7.23. The Morgan fingerprint density at radius 3 is 2.58 bits per heavy atom. The van der Waals surface area contributed by atoms with E-state index in [0.29, 0.717) is 37.3 Å². The molecule has 0 unspecified atom stereocenters. The highest BCUT2D eigenvalue weighted by atomic mass is 32.2. The van der Waals surface area contributed by atoms with Gasteiger partial charge in [-0.25, -0.2) is 0 Å². The van der Waals surface area contributed by atoms with Crippen LogP contribution in [0.2, 0.25) is 0 Å². The van der Waals surface area contributed by atoms with Gasteiger partial charge in [0.1, 0.15) is 11.0 Å². The smallest absolute Gasteiger partial charge is 0.320 e. The van der Waals surface area contributed by atoms with Gasteiger partial charge in [-0.15, -0.1) is 0 Å². The fourth-order valence-corrected chi connectivity index (χ4v) is 4.21. The second kappa shape index (κ2) is 11.8. The molecule has 1 aromatic carbocycles. The summed E-state index contributed by atoms with van der Waals surface area (Å²) in [6, 6.07) is 3.04. The lowest BCUT2D eigenvalue weighted by molar-refractivity contribution is -0.138. The number of benzene rings is 1. The summed E-state index contributed by atoms with van der Waals surface area (Å²) in [5, 5.41) is 15.8. The molecule has 10 heteroatoms. The van der Waals surface area contributed by atoms with Crippen molar-refractivity contribution < 1.29 is 19.5 Å². The number of fused-ring (bicyclic) bond motifs is 1. The zero-order valence-electron chi connectivity index (χ0n) is 17.6. The third-order valence-electron chi connectivity index (χ3n) is 4.68. The van der Waals surface area contributed by atoms with Crippen LogP contribution in [0.5, 0.6) is 0 Å². The number of nitrogens with one attached hydrogen (secondary N) is 3. The number of rotatable bonds is 11. The SMILES string of the molecule is CC(=O)NCCc1c[nH]c2cc(C(=S)NCCCC[C@H](N)C(=O)O)c(SC(C)=O)cc12. The first kappa shape index (κ1) is 24.8. The largest absolute Gasteiger partial charge is 0.480 e. The number of aromatic nitrogens is 1. The van der Waals surface area contributed by atoms with Gasteiger partial charge in [-0.3, -0.25) is 14.4 Å². The number of aliphatic carboxylic acids is 1. The maximum Gasteiger partial charge on any atom is 0.320 e. The van der Waals surface area contributed by atoms with Crippen LogP contribution in [-0.2, 0) is 20.8 Å². The number of unbranched alkanes of at least 4 members (excludes halogenated alkanes) is 1. The summed E-state index contributed by atoms with van der Waals surface area (Å²) in [5.74, 6) is -1.07. The third-order valence-corrected chi connectivity index (χ3v) is 5.89. The lowest BCUT2D eigenvalue weighted by Gasteiger charge is -2.13. The molecule has 1 aromatic heterocycles. The molecular formula is C21H28N4O4S2. The van der Waals surface area contributed by atoms with Crippen molar-refractivity contribution >= 4 is 56.9 Å². The first-order valence-corrected chi connectivity index (χ1v) is 11.2. The van der Waals surface area contributed by atoms with Crippen LogP contribution in [0.1, 0.15) is 44.2 Å². The quantitative estimate of drug-likeness (QED) is 0.194. The first-order chi connectivity index (χ1) is 14.7. The molecule has 1 atom stereocenters. The van der Waals surface area contributed by atoms with Gasteiger partial charge in [0.15, 0.2) is 5.12 Å². The molecule has 168 valence electrons. The first-order valence-electron chi connectivity index (χ1n) is 10.0. The van der Waals surface area contributed by atoms with Crippen LogP contribution in [0.4, 0.5) is 0 Å². The molecule has 0 aliphatic heterocycles. The van der Waals surface area contributed by atoms with Crippen LogP contribution < -0.4 is 16.4 Å². The molecule has 0 aliphatic carbocycles. The van der Waals surface area contributed by atoms with Gasteiger partial charge in [0, 0.05) is 54.5 Å². The Balaban J connectivity index is 2.10. The molecule has 0 aliphatic rings. The minimum Gasteiger partial charge on any atom is -0.480 e. The van der Waals surface area contributed by atoms with E-state index in [-0.39, 0.29) is 11.0 Å². The maximum absolute atomic E-state index is 11.8. The third kappa shape index (κ3) is 7.64. The van der Waals surface area contributed by atoms with Crippen molar-refractivity contribution in [3.05, 3.63) is 29.5 Å². The number of carboxylic acids is 1. The summed E-state index contributed by atoms with van der Waals surface area (Å²) in [7, 11) is 0. The summed E-state index contributed by atoms with van der Waals surface area (Å²) in [6.45, 7) is 4.11.